The molecule has 1 heterocycles. The van der Waals surface area contributed by atoms with Crippen LogP contribution >= 0.6 is 0 Å². The molecular formula is C9H10O4. The van der Waals surface area contributed by atoms with Gasteiger partial charge in [-0.3, -0.25) is 9.59 Å². The average molecular weight is 182 g/mol. The van der Waals surface area contributed by atoms with Gasteiger partial charge in [0, 0.05) is 18.1 Å². The minimum Gasteiger partial charge on any atom is -0.454 e. The van der Waals surface area contributed by atoms with Crippen LogP contribution in [0.2, 0.25) is 0 Å². The van der Waals surface area contributed by atoms with Crippen molar-refractivity contribution in [3.8, 4) is 0 Å². The third kappa shape index (κ3) is 2.24. The molecule has 1 aliphatic heterocycles. The van der Waals surface area contributed by atoms with Gasteiger partial charge in [0.25, 0.3) is 0 Å². The van der Waals surface area contributed by atoms with Crippen LogP contribution in [0.15, 0.2) is 11.6 Å². The molecule has 1 aliphatic rings. The number of hydrogen-bond donors (Lipinski definition) is 0. The van der Waals surface area contributed by atoms with Gasteiger partial charge >= 0.3 is 5.97 Å². The quantitative estimate of drug-likeness (QED) is 0.593. The molecule has 1 atom stereocenters. The Balaban J connectivity index is 2.77. The van der Waals surface area contributed by atoms with Gasteiger partial charge in [-0.2, -0.15) is 0 Å². The first-order chi connectivity index (χ1) is 6.00. The van der Waals surface area contributed by atoms with Crippen molar-refractivity contribution >= 4 is 17.5 Å². The monoisotopic (exact) mass is 182 g/mol. The number of rotatable bonds is 3. The van der Waals surface area contributed by atoms with E-state index in [1.54, 1.807) is 0 Å². The summed E-state index contributed by atoms with van der Waals surface area (Å²) < 4.78 is 4.77. The van der Waals surface area contributed by atoms with Crippen molar-refractivity contribution in [2.24, 2.45) is 0 Å². The molecular weight excluding hydrogens is 172 g/mol. The summed E-state index contributed by atoms with van der Waals surface area (Å²) in [6.45, 7) is 2.74. The van der Waals surface area contributed by atoms with Crippen LogP contribution in [-0.4, -0.2) is 23.6 Å². The summed E-state index contributed by atoms with van der Waals surface area (Å²) >= 11 is 0. The maximum absolute atomic E-state index is 11.0. The molecule has 0 radical (unpaired) electrons. The van der Waals surface area contributed by atoms with Crippen LogP contribution in [0.1, 0.15) is 20.3 Å². The van der Waals surface area contributed by atoms with E-state index in [9.17, 15) is 14.4 Å². The van der Waals surface area contributed by atoms with Gasteiger partial charge in [-0.1, -0.05) is 0 Å². The molecule has 0 spiro atoms. The number of Topliss-reactive ketones (excluding diaryl/α,β-unsaturated/α-hetero) is 2. The molecule has 0 saturated carbocycles. The van der Waals surface area contributed by atoms with E-state index in [4.69, 9.17) is 4.74 Å². The predicted octanol–water partition coefficient (Wildman–Crippen LogP) is 0.406. The molecule has 0 aromatic heterocycles. The smallest absolute Gasteiger partial charge is 0.331 e. The van der Waals surface area contributed by atoms with Gasteiger partial charge in [0.2, 0.25) is 0 Å². The Kier molecular flexibility index (Phi) is 2.60. The fraction of sp³-hybridized carbons (Fsp3) is 0.444. The summed E-state index contributed by atoms with van der Waals surface area (Å²) in [5, 5.41) is 0. The van der Waals surface area contributed by atoms with Crippen molar-refractivity contribution in [1.29, 1.82) is 0 Å². The molecule has 0 N–H and O–H groups in total. The molecule has 0 bridgehead atoms. The van der Waals surface area contributed by atoms with E-state index in [0.717, 1.165) is 6.08 Å². The molecule has 4 nitrogen and oxygen atoms in total. The van der Waals surface area contributed by atoms with Crippen LogP contribution in [0, 0.1) is 0 Å². The number of carbonyl (C=O) groups excluding carboxylic acids is 3. The van der Waals surface area contributed by atoms with E-state index in [-0.39, 0.29) is 18.0 Å². The second-order valence-corrected chi connectivity index (χ2v) is 2.99. The van der Waals surface area contributed by atoms with Crippen molar-refractivity contribution < 1.29 is 19.1 Å². The Bertz CT molecular complexity index is 301. The Morgan fingerprint density at radius 1 is 1.46 bits per heavy atom. The molecule has 0 saturated heterocycles. The lowest BCUT2D eigenvalue weighted by molar-refractivity contribution is -0.139. The molecule has 0 aliphatic carbocycles. The van der Waals surface area contributed by atoms with E-state index < -0.39 is 12.1 Å². The van der Waals surface area contributed by atoms with Gasteiger partial charge < -0.3 is 4.74 Å². The van der Waals surface area contributed by atoms with Crippen LogP contribution in [0.3, 0.4) is 0 Å². The first-order valence-corrected chi connectivity index (χ1v) is 3.93. The molecule has 1 unspecified atom stereocenters. The second-order valence-electron chi connectivity index (χ2n) is 2.99. The number of ketones is 2. The van der Waals surface area contributed by atoms with E-state index in [1.165, 1.54) is 13.8 Å². The first kappa shape index (κ1) is 9.64. The maximum atomic E-state index is 11.0. The highest BCUT2D eigenvalue weighted by Crippen LogP contribution is 2.19. The number of ether oxygens (including phenoxy) is 1. The lowest BCUT2D eigenvalue weighted by atomic mass is 10.0. The molecule has 4 heteroatoms. The SMILES string of the molecule is CC(=O)CC1OC(=O)C=C1C(C)=O. The van der Waals surface area contributed by atoms with Crippen LogP contribution in [0.4, 0.5) is 0 Å². The lowest BCUT2D eigenvalue weighted by Crippen LogP contribution is -2.18. The van der Waals surface area contributed by atoms with E-state index in [0.29, 0.717) is 5.57 Å². The molecule has 0 amide bonds. The average Bonchev–Trinajstić information content (AvgIpc) is 2.29. The minimum atomic E-state index is -0.664. The van der Waals surface area contributed by atoms with Crippen molar-refractivity contribution in [2.45, 2.75) is 26.4 Å². The normalized spacial score (nSPS) is 20.9. The predicted molar refractivity (Wildman–Crippen MR) is 43.9 cm³/mol. The van der Waals surface area contributed by atoms with Gasteiger partial charge in [-0.05, 0) is 13.8 Å². The summed E-state index contributed by atoms with van der Waals surface area (Å²) in [6.07, 6.45) is 0.565. The molecule has 0 aromatic rings. The van der Waals surface area contributed by atoms with Crippen molar-refractivity contribution in [1.82, 2.24) is 0 Å². The summed E-state index contributed by atoms with van der Waals surface area (Å²) in [4.78, 5) is 32.5. The highest BCUT2D eigenvalue weighted by Gasteiger charge is 2.29. The second kappa shape index (κ2) is 3.51. The van der Waals surface area contributed by atoms with Crippen LogP contribution in [0.5, 0.6) is 0 Å². The van der Waals surface area contributed by atoms with E-state index >= 15 is 0 Å². The van der Waals surface area contributed by atoms with Gasteiger partial charge in [0.15, 0.2) is 5.78 Å². The van der Waals surface area contributed by atoms with Crippen molar-refractivity contribution in [3.05, 3.63) is 11.6 Å². The number of carbonyl (C=O) groups is 3. The van der Waals surface area contributed by atoms with Crippen molar-refractivity contribution in [3.63, 3.8) is 0 Å². The minimum absolute atomic E-state index is 0.0805. The Morgan fingerprint density at radius 3 is 2.54 bits per heavy atom. The Labute approximate surface area is 75.6 Å². The molecule has 0 aromatic carbocycles. The van der Waals surface area contributed by atoms with Gasteiger partial charge in [-0.15, -0.1) is 0 Å². The third-order valence-electron chi connectivity index (χ3n) is 1.76. The van der Waals surface area contributed by atoms with Crippen molar-refractivity contribution in [2.75, 3.05) is 0 Å². The fourth-order valence-corrected chi connectivity index (χ4v) is 1.20. The van der Waals surface area contributed by atoms with E-state index in [1.807, 2.05) is 0 Å². The largest absolute Gasteiger partial charge is 0.454 e. The zero-order valence-corrected chi connectivity index (χ0v) is 7.49. The summed E-state index contributed by atoms with van der Waals surface area (Å²) in [6, 6.07) is 0. The summed E-state index contributed by atoms with van der Waals surface area (Å²) in [7, 11) is 0. The number of cyclic esters (lactones) is 1. The first-order valence-electron chi connectivity index (χ1n) is 3.93. The fourth-order valence-electron chi connectivity index (χ4n) is 1.20. The molecule has 70 valence electrons. The zero-order chi connectivity index (χ0) is 10.0. The number of esters is 1. The highest BCUT2D eigenvalue weighted by molar-refractivity contribution is 6.03. The number of hydrogen-bond acceptors (Lipinski definition) is 4. The van der Waals surface area contributed by atoms with E-state index in [2.05, 4.69) is 0 Å². The van der Waals surface area contributed by atoms with Crippen LogP contribution in [-0.2, 0) is 19.1 Å². The summed E-state index contributed by atoms with van der Waals surface area (Å²) in [5.41, 5.74) is 0.292. The Hall–Kier alpha value is -1.45. The van der Waals surface area contributed by atoms with Gasteiger partial charge in [-0.25, -0.2) is 4.79 Å². The zero-order valence-electron chi connectivity index (χ0n) is 7.49. The third-order valence-corrected chi connectivity index (χ3v) is 1.76. The molecule has 13 heavy (non-hydrogen) atoms. The standard InChI is InChI=1S/C9H10O4/c1-5(10)3-8-7(6(2)11)4-9(12)13-8/h4,8H,3H2,1-2H3. The van der Waals surface area contributed by atoms with Crippen LogP contribution in [0.25, 0.3) is 0 Å². The molecule has 1 rings (SSSR count). The topological polar surface area (TPSA) is 60.4 Å². The lowest BCUT2D eigenvalue weighted by Gasteiger charge is -2.09. The maximum Gasteiger partial charge on any atom is 0.331 e. The Morgan fingerprint density at radius 2 is 2.08 bits per heavy atom. The molecule has 0 fully saturated rings. The van der Waals surface area contributed by atoms with Crippen LogP contribution < -0.4 is 0 Å². The highest BCUT2D eigenvalue weighted by atomic mass is 16.5. The van der Waals surface area contributed by atoms with Gasteiger partial charge in [0.1, 0.15) is 11.9 Å². The van der Waals surface area contributed by atoms with Gasteiger partial charge in [0.05, 0.1) is 0 Å². The summed E-state index contributed by atoms with van der Waals surface area (Å²) in [5.74, 6) is -0.875.